The molecule has 2 heterocycles. The summed E-state index contributed by atoms with van der Waals surface area (Å²) in [7, 11) is 1.53. The zero-order valence-corrected chi connectivity index (χ0v) is 38.7. The number of nitrogens with two attached hydrogens (primary N) is 1. The van der Waals surface area contributed by atoms with Gasteiger partial charge in [0.05, 0.1) is 25.1 Å². The first-order valence-electron chi connectivity index (χ1n) is 25.0. The second-order valence-electron chi connectivity index (χ2n) is 20.8. The van der Waals surface area contributed by atoms with E-state index in [4.69, 9.17) is 10.5 Å². The topological polar surface area (TPSA) is 154 Å². The lowest BCUT2D eigenvalue weighted by atomic mass is 9.58. The molecule has 0 bridgehead atoms. The summed E-state index contributed by atoms with van der Waals surface area (Å²) < 4.78 is 5.55. The highest BCUT2D eigenvalue weighted by Crippen LogP contribution is 2.55. The minimum Gasteiger partial charge on any atom is -0.504 e. The number of aliphatic hydroxyl groups excluding tert-OH is 2. The summed E-state index contributed by atoms with van der Waals surface area (Å²) >= 11 is 0. The molecule has 9 heteroatoms. The summed E-state index contributed by atoms with van der Waals surface area (Å²) in [5, 5.41) is 44.9. The van der Waals surface area contributed by atoms with Crippen LogP contribution in [-0.4, -0.2) is 65.3 Å². The first-order chi connectivity index (χ1) is 31.5. The van der Waals surface area contributed by atoms with Crippen LogP contribution in [0.1, 0.15) is 145 Å². The summed E-state index contributed by atoms with van der Waals surface area (Å²) in [5.41, 5.74) is 10.8. The van der Waals surface area contributed by atoms with Gasteiger partial charge in [-0.3, -0.25) is 9.59 Å². The number of benzene rings is 3. The van der Waals surface area contributed by atoms with Crippen LogP contribution in [0, 0.1) is 40.4 Å². The molecule has 9 atom stereocenters. The van der Waals surface area contributed by atoms with Gasteiger partial charge in [0.15, 0.2) is 17.3 Å². The van der Waals surface area contributed by atoms with E-state index in [0.29, 0.717) is 99.1 Å². The fraction of sp³-hybridized carbons (Fsp3) is 0.571. The average Bonchev–Trinajstić information content (AvgIpc) is 3.81. The van der Waals surface area contributed by atoms with Crippen molar-refractivity contribution in [2.45, 2.75) is 153 Å². The maximum atomic E-state index is 14.6. The molecule has 9 nitrogen and oxygen atoms in total. The van der Waals surface area contributed by atoms with Gasteiger partial charge in [0.25, 0.3) is 0 Å². The van der Waals surface area contributed by atoms with Gasteiger partial charge in [0.2, 0.25) is 0 Å². The van der Waals surface area contributed by atoms with Crippen LogP contribution in [-0.2, 0) is 16.0 Å². The van der Waals surface area contributed by atoms with Gasteiger partial charge < -0.3 is 36.4 Å². The molecule has 6 aliphatic rings. The Kier molecular flexibility index (Phi) is 13.5. The van der Waals surface area contributed by atoms with Gasteiger partial charge in [-0.05, 0) is 170 Å². The molecule has 3 aromatic carbocycles. The van der Waals surface area contributed by atoms with Crippen LogP contribution < -0.4 is 21.1 Å². The van der Waals surface area contributed by atoms with Gasteiger partial charge in [-0.15, -0.1) is 0 Å². The molecule has 1 saturated heterocycles. The van der Waals surface area contributed by atoms with E-state index in [-0.39, 0.29) is 35.2 Å². The number of carbonyl (C=O) groups is 2. The summed E-state index contributed by atoms with van der Waals surface area (Å²) in [6.45, 7) is 3.81. The summed E-state index contributed by atoms with van der Waals surface area (Å²) in [5.74, 6) is 9.43. The Balaban J connectivity index is 0.961. The summed E-state index contributed by atoms with van der Waals surface area (Å²) in [4.78, 5) is 26.8. The third-order valence-electron chi connectivity index (χ3n) is 17.2. The number of methoxy groups -OCH3 is 1. The number of phenols is 1. The predicted molar refractivity (Wildman–Crippen MR) is 256 cm³/mol. The summed E-state index contributed by atoms with van der Waals surface area (Å²) in [6.07, 6.45) is 15.0. The number of fused-ring (bicyclic) bond motifs is 3. The maximum Gasteiger partial charge on any atom is 0.160 e. The number of hydrogen-bond acceptors (Lipinski definition) is 9. The normalized spacial score (nSPS) is 29.9. The van der Waals surface area contributed by atoms with Gasteiger partial charge in [0.1, 0.15) is 11.2 Å². The van der Waals surface area contributed by atoms with E-state index < -0.39 is 17.6 Å². The molecular formula is C56H71N3O6. The Morgan fingerprint density at radius 1 is 0.985 bits per heavy atom. The number of aryl methyl sites for hydroxylation is 1. The average molecular weight is 882 g/mol. The van der Waals surface area contributed by atoms with Crippen LogP contribution in [0.4, 0.5) is 0 Å². The molecule has 1 spiro atoms. The number of carbonyl (C=O) groups excluding carboxylic acids is 2. The molecule has 0 radical (unpaired) electrons. The van der Waals surface area contributed by atoms with E-state index >= 15 is 0 Å². The van der Waals surface area contributed by atoms with Crippen LogP contribution in [0.2, 0.25) is 0 Å². The maximum absolute atomic E-state index is 14.6. The third kappa shape index (κ3) is 9.38. The SMILES string of the molecule is CCC1=C(C(CC(O)CCC2C#CC3(CCC(CC4(C5CNC6CC(=O)CCC6C5)CCCC4)CC3O)C(=O)CCc3cc(OC)c(O)cc32)c2ccc3ccccc3c2)C=C(N)NC1. The van der Waals surface area contributed by atoms with Crippen molar-refractivity contribution in [3.05, 3.63) is 94.3 Å². The van der Waals surface area contributed by atoms with Gasteiger partial charge in [-0.25, -0.2) is 0 Å². The minimum atomic E-state index is -1.16. The monoisotopic (exact) mass is 882 g/mol. The van der Waals surface area contributed by atoms with E-state index in [1.54, 1.807) is 6.07 Å². The minimum absolute atomic E-state index is 0.00731. The number of aromatic hydroxyl groups is 1. The molecule has 0 amide bonds. The van der Waals surface area contributed by atoms with Crippen molar-refractivity contribution in [1.82, 2.24) is 10.6 Å². The number of dihydropyridines is 1. The van der Waals surface area contributed by atoms with Crippen molar-refractivity contribution in [2.24, 2.45) is 34.3 Å². The number of piperidine rings is 1. The van der Waals surface area contributed by atoms with E-state index in [0.717, 1.165) is 59.9 Å². The Bertz CT molecular complexity index is 2390. The van der Waals surface area contributed by atoms with Crippen molar-refractivity contribution in [2.75, 3.05) is 20.2 Å². The number of phenolic OH excluding ortho intramolecular Hbond substituents is 1. The zero-order chi connectivity index (χ0) is 45.3. The molecule has 3 aromatic rings. The molecule has 0 aromatic heterocycles. The van der Waals surface area contributed by atoms with E-state index in [9.17, 15) is 24.9 Å². The van der Waals surface area contributed by atoms with Crippen molar-refractivity contribution >= 4 is 22.3 Å². The van der Waals surface area contributed by atoms with Gasteiger partial charge in [-0.2, -0.15) is 0 Å². The largest absolute Gasteiger partial charge is 0.504 e. The number of allylic oxidation sites excluding steroid dienone is 2. The quantitative estimate of drug-likeness (QED) is 0.0979. The molecule has 4 fully saturated rings. The van der Waals surface area contributed by atoms with Crippen LogP contribution in [0.5, 0.6) is 11.5 Å². The van der Waals surface area contributed by atoms with E-state index in [1.165, 1.54) is 50.2 Å². The smallest absolute Gasteiger partial charge is 0.160 e. The van der Waals surface area contributed by atoms with E-state index in [2.05, 4.69) is 65.8 Å². The number of ketones is 2. The molecule has 2 aliphatic heterocycles. The lowest BCUT2D eigenvalue weighted by Gasteiger charge is -2.49. The highest BCUT2D eigenvalue weighted by atomic mass is 16.5. The summed E-state index contributed by atoms with van der Waals surface area (Å²) in [6, 6.07) is 18.8. The Hall–Kier alpha value is -4.62. The first kappa shape index (κ1) is 45.5. The Morgan fingerprint density at radius 2 is 1.80 bits per heavy atom. The fourth-order valence-electron chi connectivity index (χ4n) is 13.4. The van der Waals surface area contributed by atoms with Crippen LogP contribution in [0.25, 0.3) is 10.8 Å². The highest BCUT2D eigenvalue weighted by molar-refractivity contribution is 5.89. The third-order valence-corrected chi connectivity index (χ3v) is 17.2. The van der Waals surface area contributed by atoms with Gasteiger partial charge >= 0.3 is 0 Å². The molecule has 9 rings (SSSR count). The number of rotatable bonds is 12. The standard InChI is InChI=1S/C56H71N3O6/c1-3-36-33-59-54(57)31-48(36)47(40-11-10-37-8-4-5-9-39(37)25-40)28-44(60)15-12-38-19-23-56(52(63)17-14-41-27-51(65-2)50(62)30-46(38)41)22-18-35(24-53(56)64)32-55(20-6-7-21-55)43-26-42-13-16-45(61)29-49(42)58-34-43/h4-5,8-11,25,27,30-31,35,38,42-44,47,49,53,58-60,62,64H,3,6-7,12-18,20-22,24,26,28-29,32-34,57H2,1-2H3. The molecule has 3 saturated carbocycles. The molecule has 65 heavy (non-hydrogen) atoms. The fourth-order valence-corrected chi connectivity index (χ4v) is 13.4. The second kappa shape index (κ2) is 19.3. The molecule has 9 unspecified atom stereocenters. The number of ether oxygens (including phenoxy) is 1. The molecule has 4 aliphatic carbocycles. The van der Waals surface area contributed by atoms with Crippen molar-refractivity contribution in [3.8, 4) is 23.3 Å². The van der Waals surface area contributed by atoms with Crippen LogP contribution in [0.15, 0.2) is 77.6 Å². The van der Waals surface area contributed by atoms with Crippen molar-refractivity contribution in [3.63, 3.8) is 0 Å². The van der Waals surface area contributed by atoms with Crippen molar-refractivity contribution in [1.29, 1.82) is 0 Å². The van der Waals surface area contributed by atoms with Gasteiger partial charge in [0, 0.05) is 43.7 Å². The number of Topliss-reactive ketones (excluding diaryl/α,β-unsaturated/α-hetero) is 2. The van der Waals surface area contributed by atoms with Crippen molar-refractivity contribution < 1.29 is 29.6 Å². The number of hydrogen-bond donors (Lipinski definition) is 6. The Morgan fingerprint density at radius 3 is 2.58 bits per heavy atom. The molecular weight excluding hydrogens is 811 g/mol. The van der Waals surface area contributed by atoms with Crippen LogP contribution in [0.3, 0.4) is 0 Å². The van der Waals surface area contributed by atoms with E-state index in [1.807, 2.05) is 18.2 Å². The highest BCUT2D eigenvalue weighted by Gasteiger charge is 2.51. The first-order valence-corrected chi connectivity index (χ1v) is 25.0. The Labute approximate surface area is 386 Å². The second-order valence-corrected chi connectivity index (χ2v) is 20.8. The molecule has 7 N–H and O–H groups in total. The number of nitrogens with one attached hydrogen (secondary N) is 2. The lowest BCUT2D eigenvalue weighted by Crippen LogP contribution is -2.53. The molecule has 346 valence electrons. The number of aliphatic hydroxyl groups is 2. The lowest BCUT2D eigenvalue weighted by molar-refractivity contribution is -0.135. The predicted octanol–water partition coefficient (Wildman–Crippen LogP) is 9.03. The zero-order valence-electron chi connectivity index (χ0n) is 38.7. The van der Waals surface area contributed by atoms with Crippen LogP contribution >= 0.6 is 0 Å². The van der Waals surface area contributed by atoms with Gasteiger partial charge in [-0.1, -0.05) is 74.1 Å².